The fourth-order valence-corrected chi connectivity index (χ4v) is 1.08. The van der Waals surface area contributed by atoms with Gasteiger partial charge < -0.3 is 0 Å². The Labute approximate surface area is 85.0 Å². The van der Waals surface area contributed by atoms with Crippen LogP contribution in [0.2, 0.25) is 0 Å². The molecule has 0 saturated carbocycles. The van der Waals surface area contributed by atoms with Crippen molar-refractivity contribution in [2.45, 2.75) is 27.7 Å². The van der Waals surface area contributed by atoms with Crippen LogP contribution in [0.5, 0.6) is 0 Å². The summed E-state index contributed by atoms with van der Waals surface area (Å²) in [5.41, 5.74) is 1.39. The summed E-state index contributed by atoms with van der Waals surface area (Å²) in [6, 6.07) is 0. The number of hydrogen-bond donors (Lipinski definition) is 0. The standard InChI is InChI=1S/C11H17FN2/c1-6-7-13-11(8(2)3)9(4)14-10(5)12/h6-8H,1H2,2-5H3/b11-9+,13-7?,14-10?. The molecule has 0 fully saturated rings. The molecule has 78 valence electrons. The Kier molecular flexibility index (Phi) is 5.68. The molecule has 14 heavy (non-hydrogen) atoms. The first kappa shape index (κ1) is 12.8. The summed E-state index contributed by atoms with van der Waals surface area (Å²) < 4.78 is 12.5. The molecule has 3 heteroatoms. The van der Waals surface area contributed by atoms with E-state index in [0.29, 0.717) is 5.70 Å². The first-order valence-corrected chi connectivity index (χ1v) is 4.55. The maximum absolute atomic E-state index is 12.5. The summed E-state index contributed by atoms with van der Waals surface area (Å²) in [5.74, 6) is -0.233. The van der Waals surface area contributed by atoms with E-state index in [1.54, 1.807) is 19.2 Å². The van der Waals surface area contributed by atoms with E-state index in [1.165, 1.54) is 6.92 Å². The lowest BCUT2D eigenvalue weighted by Crippen LogP contribution is -1.95. The minimum absolute atomic E-state index is 0.217. The highest BCUT2D eigenvalue weighted by atomic mass is 19.1. The molecule has 0 aromatic carbocycles. The van der Waals surface area contributed by atoms with Crippen LogP contribution in [0.15, 0.2) is 34.0 Å². The van der Waals surface area contributed by atoms with Crippen LogP contribution in [-0.2, 0) is 0 Å². The third-order valence-electron chi connectivity index (χ3n) is 1.56. The Morgan fingerprint density at radius 1 is 1.36 bits per heavy atom. The van der Waals surface area contributed by atoms with Gasteiger partial charge in [-0.2, -0.15) is 4.39 Å². The van der Waals surface area contributed by atoms with Crippen LogP contribution >= 0.6 is 0 Å². The third kappa shape index (κ3) is 4.70. The van der Waals surface area contributed by atoms with Gasteiger partial charge in [0.2, 0.25) is 0 Å². The van der Waals surface area contributed by atoms with E-state index in [0.717, 1.165) is 5.70 Å². The Morgan fingerprint density at radius 2 is 1.93 bits per heavy atom. The molecule has 0 radical (unpaired) electrons. The molecule has 0 aliphatic carbocycles. The van der Waals surface area contributed by atoms with Gasteiger partial charge in [-0.25, -0.2) is 4.99 Å². The molecule has 0 rings (SSSR count). The summed E-state index contributed by atoms with van der Waals surface area (Å²) in [5, 5.41) is 0. The van der Waals surface area contributed by atoms with Gasteiger partial charge in [-0.15, -0.1) is 0 Å². The summed E-state index contributed by atoms with van der Waals surface area (Å²) in [6.45, 7) is 10.6. The molecule has 0 bridgehead atoms. The molecule has 0 aliphatic rings. The zero-order valence-electron chi connectivity index (χ0n) is 9.21. The molecule has 0 spiro atoms. The van der Waals surface area contributed by atoms with Crippen LogP contribution in [0.4, 0.5) is 4.39 Å². The van der Waals surface area contributed by atoms with E-state index in [-0.39, 0.29) is 5.92 Å². The highest BCUT2D eigenvalue weighted by Crippen LogP contribution is 2.17. The lowest BCUT2D eigenvalue weighted by atomic mass is 10.1. The third-order valence-corrected chi connectivity index (χ3v) is 1.56. The molecular formula is C11H17FN2. The van der Waals surface area contributed by atoms with Gasteiger partial charge in [0.25, 0.3) is 0 Å². The van der Waals surface area contributed by atoms with Gasteiger partial charge in [-0.3, -0.25) is 4.99 Å². The normalized spacial score (nSPS) is 14.9. The summed E-state index contributed by atoms with van der Waals surface area (Å²) in [4.78, 5) is 7.89. The van der Waals surface area contributed by atoms with Crippen molar-refractivity contribution in [1.29, 1.82) is 0 Å². The predicted octanol–water partition coefficient (Wildman–Crippen LogP) is 3.52. The Hall–Kier alpha value is -1.25. The number of halogens is 1. The smallest absolute Gasteiger partial charge is 0.186 e. The minimum Gasteiger partial charge on any atom is -0.259 e. The van der Waals surface area contributed by atoms with Crippen LogP contribution in [0.3, 0.4) is 0 Å². The zero-order valence-corrected chi connectivity index (χ0v) is 9.21. The van der Waals surface area contributed by atoms with Gasteiger partial charge in [0.05, 0.1) is 11.4 Å². The fourth-order valence-electron chi connectivity index (χ4n) is 1.08. The molecule has 0 heterocycles. The van der Waals surface area contributed by atoms with Crippen molar-refractivity contribution < 1.29 is 4.39 Å². The predicted molar refractivity (Wildman–Crippen MR) is 60.4 cm³/mol. The quantitative estimate of drug-likeness (QED) is 0.615. The van der Waals surface area contributed by atoms with Gasteiger partial charge in [0.15, 0.2) is 5.97 Å². The van der Waals surface area contributed by atoms with Crippen molar-refractivity contribution >= 4 is 12.2 Å². The number of aliphatic imine (C=N–C) groups is 2. The van der Waals surface area contributed by atoms with Crippen molar-refractivity contribution in [3.8, 4) is 0 Å². The van der Waals surface area contributed by atoms with E-state index in [2.05, 4.69) is 16.6 Å². The highest BCUT2D eigenvalue weighted by Gasteiger charge is 2.05. The molecule has 0 unspecified atom stereocenters. The molecule has 0 aliphatic heterocycles. The molecule has 0 N–H and O–H groups in total. The van der Waals surface area contributed by atoms with Gasteiger partial charge in [0, 0.05) is 13.1 Å². The van der Waals surface area contributed by atoms with Gasteiger partial charge in [-0.1, -0.05) is 26.5 Å². The van der Waals surface area contributed by atoms with E-state index in [1.807, 2.05) is 13.8 Å². The average Bonchev–Trinajstić information content (AvgIpc) is 2.02. The summed E-state index contributed by atoms with van der Waals surface area (Å²) >= 11 is 0. The Bertz CT molecular complexity index is 282. The Balaban J connectivity index is 5.05. The SMILES string of the molecule is C=CC=N/C(=C(\C)N=C(C)F)C(C)C. The highest BCUT2D eigenvalue weighted by molar-refractivity contribution is 5.73. The second-order valence-corrected chi connectivity index (χ2v) is 3.25. The monoisotopic (exact) mass is 196 g/mol. The molecule has 2 nitrogen and oxygen atoms in total. The van der Waals surface area contributed by atoms with Crippen molar-refractivity contribution in [2.75, 3.05) is 0 Å². The van der Waals surface area contributed by atoms with E-state index >= 15 is 0 Å². The van der Waals surface area contributed by atoms with Crippen LogP contribution in [0, 0.1) is 5.92 Å². The van der Waals surface area contributed by atoms with Crippen molar-refractivity contribution in [3.05, 3.63) is 24.0 Å². The van der Waals surface area contributed by atoms with Crippen LogP contribution in [0.1, 0.15) is 27.7 Å². The number of allylic oxidation sites excluding steroid dienone is 3. The van der Waals surface area contributed by atoms with Crippen molar-refractivity contribution in [3.63, 3.8) is 0 Å². The lowest BCUT2D eigenvalue weighted by molar-refractivity contribution is 0.738. The topological polar surface area (TPSA) is 24.7 Å². The Morgan fingerprint density at radius 3 is 2.29 bits per heavy atom. The number of rotatable bonds is 4. The van der Waals surface area contributed by atoms with Gasteiger partial charge in [-0.05, 0) is 12.8 Å². The second-order valence-electron chi connectivity index (χ2n) is 3.25. The fraction of sp³-hybridized carbons (Fsp3) is 0.455. The van der Waals surface area contributed by atoms with E-state index in [4.69, 9.17) is 0 Å². The van der Waals surface area contributed by atoms with Crippen LogP contribution in [0.25, 0.3) is 0 Å². The average molecular weight is 196 g/mol. The second kappa shape index (κ2) is 6.24. The first-order chi connectivity index (χ1) is 6.49. The van der Waals surface area contributed by atoms with Gasteiger partial charge in [0.1, 0.15) is 0 Å². The lowest BCUT2D eigenvalue weighted by Gasteiger charge is -2.07. The minimum atomic E-state index is -0.450. The largest absolute Gasteiger partial charge is 0.259 e. The molecule has 0 aromatic rings. The zero-order chi connectivity index (χ0) is 11.1. The number of nitrogens with zero attached hydrogens (tertiary/aromatic N) is 2. The van der Waals surface area contributed by atoms with E-state index in [9.17, 15) is 4.39 Å². The maximum atomic E-state index is 12.5. The van der Waals surface area contributed by atoms with Crippen molar-refractivity contribution in [2.24, 2.45) is 15.9 Å². The molecule has 0 saturated heterocycles. The van der Waals surface area contributed by atoms with Gasteiger partial charge >= 0.3 is 0 Å². The molecule has 0 atom stereocenters. The first-order valence-electron chi connectivity index (χ1n) is 4.55. The van der Waals surface area contributed by atoms with Crippen LogP contribution in [-0.4, -0.2) is 12.2 Å². The molecule has 0 aromatic heterocycles. The number of hydrogen-bond acceptors (Lipinski definition) is 2. The summed E-state index contributed by atoms with van der Waals surface area (Å²) in [6.07, 6.45) is 3.17. The maximum Gasteiger partial charge on any atom is 0.186 e. The summed E-state index contributed by atoms with van der Waals surface area (Å²) in [7, 11) is 0. The van der Waals surface area contributed by atoms with Crippen molar-refractivity contribution in [1.82, 2.24) is 0 Å². The molecule has 0 amide bonds. The van der Waals surface area contributed by atoms with E-state index < -0.39 is 5.97 Å². The molecular weight excluding hydrogens is 179 g/mol. The van der Waals surface area contributed by atoms with Crippen LogP contribution < -0.4 is 0 Å².